The van der Waals surface area contributed by atoms with E-state index in [-0.39, 0.29) is 78.2 Å². The zero-order valence-corrected chi connectivity index (χ0v) is 35.3. The maximum absolute atomic E-state index is 12.6. The van der Waals surface area contributed by atoms with E-state index >= 15 is 0 Å². The number of nitrogens with zero attached hydrogens (tertiary/aromatic N) is 4. The number of imidazole rings is 1. The number of rotatable bonds is 22. The molecule has 56 heavy (non-hydrogen) atoms. The zero-order valence-electron chi connectivity index (χ0n) is 29.8. The number of aliphatic hydroxyl groups excluding tert-OH is 2. The van der Waals surface area contributed by atoms with Gasteiger partial charge < -0.3 is 60.8 Å². The van der Waals surface area contributed by atoms with E-state index in [9.17, 15) is 67.8 Å². The quantitative estimate of drug-likeness (QED) is 0.0302. The molecule has 1 saturated heterocycles. The van der Waals surface area contributed by atoms with Gasteiger partial charge in [-0.15, -0.1) is 0 Å². The third-order valence-corrected chi connectivity index (χ3v) is 11.3. The van der Waals surface area contributed by atoms with Crippen LogP contribution in [0, 0.1) is 5.41 Å². The summed E-state index contributed by atoms with van der Waals surface area (Å²) in [5, 5.41) is 36.1. The minimum atomic E-state index is -5.59. The number of carboxylic acid groups (broad SMARTS) is 1. The molecule has 0 spiro atoms. The summed E-state index contributed by atoms with van der Waals surface area (Å²) >= 11 is 0.821. The molecule has 0 saturated carbocycles. The summed E-state index contributed by atoms with van der Waals surface area (Å²) < 4.78 is 61.9. The molecule has 7 atom stereocenters. The van der Waals surface area contributed by atoms with Crippen LogP contribution in [0.3, 0.4) is 0 Å². The third kappa shape index (κ3) is 15.7. The van der Waals surface area contributed by atoms with Gasteiger partial charge >= 0.3 is 53.0 Å². The van der Waals surface area contributed by atoms with Crippen LogP contribution in [0.5, 0.6) is 0 Å². The molecule has 3 unspecified atom stereocenters. The normalized spacial score (nSPS) is 21.4. The van der Waals surface area contributed by atoms with E-state index in [0.717, 1.165) is 29.0 Å². The van der Waals surface area contributed by atoms with E-state index in [1.165, 1.54) is 13.8 Å². The predicted octanol–water partition coefficient (Wildman–Crippen LogP) is -5.80. The molecule has 31 heteroatoms. The summed E-state index contributed by atoms with van der Waals surface area (Å²) in [5.74, 6) is -2.80. The van der Waals surface area contributed by atoms with E-state index in [1.807, 2.05) is 0 Å². The number of carbonyl (C=O) groups excluding carboxylic acids is 4. The van der Waals surface area contributed by atoms with Crippen LogP contribution >= 0.6 is 35.2 Å². The van der Waals surface area contributed by atoms with Gasteiger partial charge in [0.1, 0.15) is 36.3 Å². The van der Waals surface area contributed by atoms with E-state index in [0.29, 0.717) is 0 Å². The Morgan fingerprint density at radius 1 is 1.04 bits per heavy atom. The smallest absolute Gasteiger partial charge is 0.550 e. The van der Waals surface area contributed by atoms with Crippen molar-refractivity contribution in [3.05, 3.63) is 12.7 Å². The molecule has 3 rings (SSSR count). The molecule has 10 N–H and O–H groups in total. The van der Waals surface area contributed by atoms with Gasteiger partial charge in [0, 0.05) is 43.1 Å². The van der Waals surface area contributed by atoms with E-state index < -0.39 is 102 Å². The number of phosphoric acid groups is 3. The third-order valence-electron chi connectivity index (χ3n) is 7.30. The fourth-order valence-electron chi connectivity index (χ4n) is 4.57. The number of ether oxygens (including phenoxy) is 1. The van der Waals surface area contributed by atoms with Gasteiger partial charge in [-0.1, -0.05) is 25.6 Å². The van der Waals surface area contributed by atoms with Crippen LogP contribution in [0.1, 0.15) is 39.3 Å². The number of nitrogens with one attached hydrogen (secondary N) is 2. The SMILES string of the molecule is CC(C)(COP(=O)(O)OP(=O)(O)OC[C@H]1O[C@@H](n2cnc3c(N)ncnc32)[C@H](O)[C@@H]1OP(=O)(O)O)C(O)C(=O)NCCC(=O)NCCSC(=O)CCC(=O)[O-].[Na+]. The summed E-state index contributed by atoms with van der Waals surface area (Å²) in [7, 11) is -16.4. The number of fused-ring (bicyclic) bond motifs is 1. The van der Waals surface area contributed by atoms with Crippen LogP contribution in [0.2, 0.25) is 0 Å². The molecule has 2 aromatic rings. The number of nitrogens with two attached hydrogens (primary N) is 1. The Labute approximate surface area is 343 Å². The number of nitrogen functional groups attached to an aromatic ring is 1. The largest absolute Gasteiger partial charge is 1.00 e. The molecule has 0 bridgehead atoms. The fourth-order valence-corrected chi connectivity index (χ4v) is 8.08. The van der Waals surface area contributed by atoms with Gasteiger partial charge in [-0.2, -0.15) is 4.31 Å². The van der Waals surface area contributed by atoms with Gasteiger partial charge in [-0.25, -0.2) is 28.6 Å². The topological polar surface area (TPSA) is 404 Å². The van der Waals surface area contributed by atoms with Crippen molar-refractivity contribution in [2.45, 2.75) is 63.8 Å². The van der Waals surface area contributed by atoms with Crippen molar-refractivity contribution in [2.75, 3.05) is 37.8 Å². The van der Waals surface area contributed by atoms with Crippen molar-refractivity contribution in [1.29, 1.82) is 0 Å². The number of hydrogen-bond acceptors (Lipinski definition) is 20. The Balaban J connectivity index is 0.0000108. The van der Waals surface area contributed by atoms with Crippen LogP contribution in [-0.2, 0) is 55.5 Å². The number of aliphatic hydroxyl groups is 2. The Morgan fingerprint density at radius 3 is 2.34 bits per heavy atom. The van der Waals surface area contributed by atoms with E-state index in [1.54, 1.807) is 0 Å². The van der Waals surface area contributed by atoms with Crippen LogP contribution in [0.4, 0.5) is 5.82 Å². The van der Waals surface area contributed by atoms with Crippen LogP contribution in [-0.4, -0.2) is 129 Å². The first-order valence-corrected chi connectivity index (χ1v) is 21.2. The Hall–Kier alpha value is -1.97. The standard InChI is InChI=1S/C25H40N7O19P3S.Na/c1-25(2,20(38)23(39)28-6-5-14(33)27-7-8-55-16(36)4-3-15(34)35)10-48-54(45,46)51-53(43,44)47-9-13-19(50-52(40,41)42)18(37)24(49-13)32-12-31-17-21(26)29-11-30-22(17)32;/h11-13,18-20,24,37-38H,3-10H2,1-2H3,(H,27,33)(H,28,39)(H,34,35)(H,43,44)(H,45,46)(H2,26,29,30)(H2,40,41,42);/q;+1/p-1/t13-,18-,19-,20?,24-;/m1./s1. The second kappa shape index (κ2) is 21.3. The number of hydrogen-bond donors (Lipinski definition) is 9. The molecule has 0 aromatic carbocycles. The maximum atomic E-state index is 12.6. The molecule has 26 nitrogen and oxygen atoms in total. The van der Waals surface area contributed by atoms with E-state index in [2.05, 4.69) is 34.4 Å². The van der Waals surface area contributed by atoms with Crippen molar-refractivity contribution < 1.29 is 120 Å². The number of phosphoric ester groups is 3. The van der Waals surface area contributed by atoms with Gasteiger partial charge in [0.25, 0.3) is 0 Å². The number of aliphatic carboxylic acids is 1. The molecule has 1 aliphatic rings. The number of carboxylic acids is 1. The first-order chi connectivity index (χ1) is 25.4. The minimum absolute atomic E-state index is 0. The summed E-state index contributed by atoms with van der Waals surface area (Å²) in [5.41, 5.74) is 4.19. The van der Waals surface area contributed by atoms with Crippen molar-refractivity contribution in [3.63, 3.8) is 0 Å². The molecular weight excluding hydrogens is 850 g/mol. The molecule has 2 aromatic heterocycles. The number of anilines is 1. The second-order valence-corrected chi connectivity index (χ2v) is 17.5. The van der Waals surface area contributed by atoms with Gasteiger partial charge in [0.05, 0.1) is 19.5 Å². The van der Waals surface area contributed by atoms with Gasteiger partial charge in [0.15, 0.2) is 22.8 Å². The summed E-state index contributed by atoms with van der Waals surface area (Å²) in [6.45, 7) is 0.178. The molecule has 1 aliphatic heterocycles. The number of aromatic nitrogens is 4. The van der Waals surface area contributed by atoms with Crippen molar-refractivity contribution in [1.82, 2.24) is 30.2 Å². The first-order valence-electron chi connectivity index (χ1n) is 15.7. The fraction of sp³-hybridized carbons (Fsp3) is 0.640. The van der Waals surface area contributed by atoms with Crippen molar-refractivity contribution >= 4 is 75.1 Å². The summed E-state index contributed by atoms with van der Waals surface area (Å²) in [6, 6.07) is 0. The Bertz CT molecular complexity index is 1850. The van der Waals surface area contributed by atoms with Gasteiger partial charge in [-0.05, 0) is 6.42 Å². The first kappa shape index (κ1) is 50.2. The Morgan fingerprint density at radius 2 is 1.70 bits per heavy atom. The molecule has 3 heterocycles. The summed E-state index contributed by atoms with van der Waals surface area (Å²) in [4.78, 5) is 97.2. The summed E-state index contributed by atoms with van der Waals surface area (Å²) in [6.07, 6.45) is -7.75. The molecule has 310 valence electrons. The average Bonchev–Trinajstić information content (AvgIpc) is 3.63. The van der Waals surface area contributed by atoms with Gasteiger partial charge in [-0.3, -0.25) is 32.5 Å². The number of thioether (sulfide) groups is 1. The van der Waals surface area contributed by atoms with Crippen LogP contribution in [0.15, 0.2) is 12.7 Å². The molecule has 0 radical (unpaired) electrons. The monoisotopic (exact) mass is 889 g/mol. The Kier molecular flexibility index (Phi) is 19.1. The van der Waals surface area contributed by atoms with Crippen molar-refractivity contribution in [2.24, 2.45) is 5.41 Å². The van der Waals surface area contributed by atoms with Gasteiger partial charge in [0.2, 0.25) is 11.8 Å². The predicted molar refractivity (Wildman–Crippen MR) is 181 cm³/mol. The molecular formula is C25H39N7NaO19P3S. The second-order valence-electron chi connectivity index (χ2n) is 12.2. The number of amides is 2. The number of carbonyl (C=O) groups is 4. The van der Waals surface area contributed by atoms with Crippen LogP contribution in [0.25, 0.3) is 11.2 Å². The molecule has 0 aliphatic carbocycles. The molecule has 1 fully saturated rings. The van der Waals surface area contributed by atoms with E-state index in [4.69, 9.17) is 19.5 Å². The maximum Gasteiger partial charge on any atom is 1.00 e. The average molecular weight is 890 g/mol. The van der Waals surface area contributed by atoms with Crippen LogP contribution < -0.4 is 51.0 Å². The minimum Gasteiger partial charge on any atom is -0.550 e. The van der Waals surface area contributed by atoms with Crippen molar-refractivity contribution in [3.8, 4) is 0 Å². The zero-order chi connectivity index (χ0) is 41.4. The molecule has 2 amide bonds.